The Labute approximate surface area is 187 Å². The van der Waals surface area contributed by atoms with Crippen LogP contribution in [0.3, 0.4) is 0 Å². The summed E-state index contributed by atoms with van der Waals surface area (Å²) in [7, 11) is 5.00. The Hall–Kier alpha value is -4.05. The van der Waals surface area contributed by atoms with Crippen molar-refractivity contribution in [1.82, 2.24) is 29.6 Å². The molecule has 0 unspecified atom stereocenters. The number of aryl methyl sites for hydroxylation is 1. The van der Waals surface area contributed by atoms with E-state index in [4.69, 9.17) is 16.3 Å². The third-order valence-electron chi connectivity index (χ3n) is 4.39. The molecule has 1 aromatic carbocycles. The van der Waals surface area contributed by atoms with Crippen LogP contribution in [0.15, 0.2) is 49.1 Å². The van der Waals surface area contributed by atoms with E-state index in [9.17, 15) is 9.59 Å². The van der Waals surface area contributed by atoms with Crippen molar-refractivity contribution in [1.29, 1.82) is 0 Å². The normalized spacial score (nSPS) is 10.8. The summed E-state index contributed by atoms with van der Waals surface area (Å²) in [6.45, 7) is 0. The molecule has 32 heavy (non-hydrogen) atoms. The summed E-state index contributed by atoms with van der Waals surface area (Å²) in [5, 5.41) is 8.25. The molecular weight excluding hydrogens is 434 g/mol. The number of aromatic nitrogens is 5. The average Bonchev–Trinajstić information content (AvgIpc) is 3.15. The molecule has 0 radical (unpaired) electrons. The molecule has 0 aliphatic heterocycles. The number of fused-ring (bicyclic) bond motifs is 1. The van der Waals surface area contributed by atoms with Crippen molar-refractivity contribution in [3.8, 4) is 11.5 Å². The lowest BCUT2D eigenvalue weighted by Crippen LogP contribution is -2.23. The Morgan fingerprint density at radius 1 is 1.09 bits per heavy atom. The summed E-state index contributed by atoms with van der Waals surface area (Å²) in [4.78, 5) is 38.3. The number of halogens is 1. The second-order valence-corrected chi connectivity index (χ2v) is 7.51. The van der Waals surface area contributed by atoms with Crippen molar-refractivity contribution in [2.75, 3.05) is 19.4 Å². The van der Waals surface area contributed by atoms with Gasteiger partial charge in [0.1, 0.15) is 11.6 Å². The molecular formula is C21H18ClN7O3. The van der Waals surface area contributed by atoms with Gasteiger partial charge in [-0.15, -0.1) is 0 Å². The molecule has 0 atom stereocenters. The number of anilines is 1. The van der Waals surface area contributed by atoms with Crippen LogP contribution in [0.2, 0.25) is 5.02 Å². The second-order valence-electron chi connectivity index (χ2n) is 7.07. The zero-order chi connectivity index (χ0) is 22.8. The number of ether oxygens (including phenoxy) is 1. The van der Waals surface area contributed by atoms with Gasteiger partial charge in [-0.3, -0.25) is 14.3 Å². The van der Waals surface area contributed by atoms with Gasteiger partial charge in [0.05, 0.1) is 28.3 Å². The van der Waals surface area contributed by atoms with Crippen LogP contribution >= 0.6 is 11.6 Å². The number of rotatable bonds is 5. The highest BCUT2D eigenvalue weighted by Crippen LogP contribution is 2.31. The summed E-state index contributed by atoms with van der Waals surface area (Å²) >= 11 is 5.84. The van der Waals surface area contributed by atoms with Crippen LogP contribution in [0.4, 0.5) is 5.82 Å². The van der Waals surface area contributed by atoms with Gasteiger partial charge in [0.2, 0.25) is 5.82 Å². The Bertz CT molecular complexity index is 1300. The fourth-order valence-corrected chi connectivity index (χ4v) is 2.98. The maximum Gasteiger partial charge on any atom is 0.291 e. The highest BCUT2D eigenvalue weighted by molar-refractivity contribution is 6.30. The molecule has 0 aliphatic carbocycles. The third-order valence-corrected chi connectivity index (χ3v) is 4.61. The first-order chi connectivity index (χ1) is 15.3. The molecule has 4 aromatic rings. The van der Waals surface area contributed by atoms with E-state index in [1.54, 1.807) is 56.3 Å². The van der Waals surface area contributed by atoms with Gasteiger partial charge in [0.15, 0.2) is 5.75 Å². The van der Waals surface area contributed by atoms with Crippen molar-refractivity contribution in [2.24, 2.45) is 7.05 Å². The molecule has 0 spiro atoms. The first-order valence-electron chi connectivity index (χ1n) is 9.42. The molecule has 0 saturated carbocycles. The van der Waals surface area contributed by atoms with Crippen molar-refractivity contribution < 1.29 is 14.3 Å². The molecule has 0 bridgehead atoms. The van der Waals surface area contributed by atoms with Crippen LogP contribution in [-0.2, 0) is 7.05 Å². The first-order valence-corrected chi connectivity index (χ1v) is 9.80. The van der Waals surface area contributed by atoms with Gasteiger partial charge >= 0.3 is 0 Å². The molecule has 0 fully saturated rings. The summed E-state index contributed by atoms with van der Waals surface area (Å²) < 4.78 is 7.56. The van der Waals surface area contributed by atoms with E-state index in [0.29, 0.717) is 38.8 Å². The monoisotopic (exact) mass is 451 g/mol. The Kier molecular flexibility index (Phi) is 5.69. The fourth-order valence-electron chi connectivity index (χ4n) is 2.87. The predicted octanol–water partition coefficient (Wildman–Crippen LogP) is 3.16. The van der Waals surface area contributed by atoms with E-state index in [1.165, 1.54) is 23.5 Å². The molecule has 2 amide bonds. The third kappa shape index (κ3) is 4.49. The molecule has 0 saturated heterocycles. The molecule has 162 valence electrons. The van der Waals surface area contributed by atoms with E-state index < -0.39 is 0 Å². The van der Waals surface area contributed by atoms with E-state index in [0.717, 1.165) is 0 Å². The number of carbonyl (C=O) groups excluding carboxylic acids is 2. The minimum atomic E-state index is -0.389. The highest BCUT2D eigenvalue weighted by atomic mass is 35.5. The number of hydrogen-bond acceptors (Lipinski definition) is 7. The lowest BCUT2D eigenvalue weighted by atomic mass is 10.1. The van der Waals surface area contributed by atoms with Crippen molar-refractivity contribution >= 4 is 40.1 Å². The largest absolute Gasteiger partial charge is 0.453 e. The Morgan fingerprint density at radius 2 is 1.84 bits per heavy atom. The molecule has 3 heterocycles. The van der Waals surface area contributed by atoms with E-state index in [2.05, 4.69) is 25.4 Å². The number of amides is 2. The van der Waals surface area contributed by atoms with Gasteiger partial charge in [0.25, 0.3) is 11.8 Å². The Morgan fingerprint density at radius 3 is 2.50 bits per heavy atom. The van der Waals surface area contributed by atoms with Gasteiger partial charge in [-0.25, -0.2) is 15.0 Å². The summed E-state index contributed by atoms with van der Waals surface area (Å²) in [6.07, 6.45) is 6.02. The maximum absolute atomic E-state index is 12.8. The minimum Gasteiger partial charge on any atom is -0.453 e. The van der Waals surface area contributed by atoms with Crippen LogP contribution in [0, 0.1) is 0 Å². The lowest BCUT2D eigenvalue weighted by Gasteiger charge is -2.11. The summed E-state index contributed by atoms with van der Waals surface area (Å²) in [5.41, 5.74) is 0.891. The fraction of sp³-hybridized carbons (Fsp3) is 0.143. The van der Waals surface area contributed by atoms with Crippen molar-refractivity contribution in [2.45, 2.75) is 0 Å². The van der Waals surface area contributed by atoms with Gasteiger partial charge in [-0.2, -0.15) is 5.10 Å². The first kappa shape index (κ1) is 21.2. The number of benzene rings is 1. The van der Waals surface area contributed by atoms with Crippen LogP contribution in [-0.4, -0.2) is 55.5 Å². The number of nitrogens with zero attached hydrogens (tertiary/aromatic N) is 6. The molecule has 10 nitrogen and oxygen atoms in total. The molecule has 11 heteroatoms. The van der Waals surface area contributed by atoms with Gasteiger partial charge < -0.3 is 15.0 Å². The topological polar surface area (TPSA) is 115 Å². The molecule has 0 aliphatic rings. The maximum atomic E-state index is 12.8. The van der Waals surface area contributed by atoms with Crippen LogP contribution in [0.1, 0.15) is 21.0 Å². The van der Waals surface area contributed by atoms with Crippen LogP contribution in [0.5, 0.6) is 11.5 Å². The molecule has 3 aromatic heterocycles. The Balaban J connectivity index is 1.64. The lowest BCUT2D eigenvalue weighted by molar-refractivity contribution is 0.0815. The average molecular weight is 452 g/mol. The number of carbonyl (C=O) groups is 2. The standard InChI is InChI=1S/C21H18ClN7O3/c1-28(2)21(31)19-24-9-14(10-25-19)32-17-7-12(6-16-15(17)11-29(3)27-16)20(30)26-18-5-4-13(22)8-23-18/h4-11H,1-3H3,(H,23,26,30). The molecule has 1 N–H and O–H groups in total. The number of pyridine rings is 1. The molecule has 4 rings (SSSR count). The zero-order valence-corrected chi connectivity index (χ0v) is 18.2. The number of hydrogen-bond donors (Lipinski definition) is 1. The predicted molar refractivity (Wildman–Crippen MR) is 118 cm³/mol. The summed E-state index contributed by atoms with van der Waals surface area (Å²) in [6, 6.07) is 6.48. The zero-order valence-electron chi connectivity index (χ0n) is 17.4. The smallest absolute Gasteiger partial charge is 0.291 e. The van der Waals surface area contributed by atoms with Gasteiger partial charge in [0, 0.05) is 39.1 Å². The van der Waals surface area contributed by atoms with E-state index in [1.807, 2.05) is 0 Å². The highest BCUT2D eigenvalue weighted by Gasteiger charge is 2.16. The number of nitrogens with one attached hydrogen (secondary N) is 1. The quantitative estimate of drug-likeness (QED) is 0.495. The van der Waals surface area contributed by atoms with Crippen molar-refractivity contribution in [3.63, 3.8) is 0 Å². The van der Waals surface area contributed by atoms with Gasteiger partial charge in [-0.05, 0) is 24.3 Å². The van der Waals surface area contributed by atoms with Crippen molar-refractivity contribution in [3.05, 3.63) is 65.5 Å². The minimum absolute atomic E-state index is 0.0532. The van der Waals surface area contributed by atoms with Gasteiger partial charge in [-0.1, -0.05) is 11.6 Å². The van der Waals surface area contributed by atoms with E-state index in [-0.39, 0.29) is 17.6 Å². The van der Waals surface area contributed by atoms with Crippen LogP contribution < -0.4 is 10.1 Å². The second kappa shape index (κ2) is 8.60. The van der Waals surface area contributed by atoms with E-state index >= 15 is 0 Å². The summed E-state index contributed by atoms with van der Waals surface area (Å²) in [5.74, 6) is 0.401. The van der Waals surface area contributed by atoms with Crippen LogP contribution in [0.25, 0.3) is 10.9 Å². The SMILES string of the molecule is CN(C)C(=O)c1ncc(Oc2cc(C(=O)Nc3ccc(Cl)cn3)cc3nn(C)cc23)cn1.